The van der Waals surface area contributed by atoms with Gasteiger partial charge < -0.3 is 15.2 Å². The summed E-state index contributed by atoms with van der Waals surface area (Å²) in [5.74, 6) is 0.362. The van der Waals surface area contributed by atoms with Gasteiger partial charge in [-0.1, -0.05) is 35.5 Å². The number of pyridine rings is 1. The zero-order valence-electron chi connectivity index (χ0n) is 17.5. The van der Waals surface area contributed by atoms with Gasteiger partial charge in [0.15, 0.2) is 11.0 Å². The third kappa shape index (κ3) is 5.76. The Labute approximate surface area is 199 Å². The Kier molecular flexibility index (Phi) is 7.01. The van der Waals surface area contributed by atoms with Crippen LogP contribution in [0.5, 0.6) is 0 Å². The smallest absolute Gasteiger partial charge is 0.255 e. The number of benzene rings is 2. The minimum atomic E-state index is -0.288. The van der Waals surface area contributed by atoms with Crippen molar-refractivity contribution in [1.82, 2.24) is 19.7 Å². The number of thioether (sulfide) groups is 1. The molecule has 2 heterocycles. The molecule has 0 aliphatic heterocycles. The van der Waals surface area contributed by atoms with E-state index in [-0.39, 0.29) is 17.6 Å². The molecule has 2 aromatic carbocycles. The van der Waals surface area contributed by atoms with Crippen molar-refractivity contribution in [3.8, 4) is 11.4 Å². The molecule has 0 bridgehead atoms. The van der Waals surface area contributed by atoms with Crippen molar-refractivity contribution in [3.05, 3.63) is 83.6 Å². The van der Waals surface area contributed by atoms with Gasteiger partial charge in [-0.3, -0.25) is 14.6 Å². The molecule has 0 radical (unpaired) electrons. The van der Waals surface area contributed by atoms with Gasteiger partial charge in [0, 0.05) is 47.0 Å². The molecule has 0 aliphatic carbocycles. The Hall–Kier alpha value is -3.69. The van der Waals surface area contributed by atoms with Crippen molar-refractivity contribution in [3.63, 3.8) is 0 Å². The molecule has 0 saturated heterocycles. The molecule has 166 valence electrons. The standard InChI is InChI=1S/C23H19ClN6O2S/c1-30-21(15-8-10-25-11-9-15)28-29-23(30)33-14-20(31)26-18-6-3-7-19(13-18)27-22(32)16-4-2-5-17(24)12-16/h2-13H,14H2,1H3,(H,26,31)(H,27,32). The number of anilines is 2. The summed E-state index contributed by atoms with van der Waals surface area (Å²) in [6, 6.07) is 17.3. The second kappa shape index (κ2) is 10.3. The van der Waals surface area contributed by atoms with Crippen molar-refractivity contribution in [2.45, 2.75) is 5.16 Å². The summed E-state index contributed by atoms with van der Waals surface area (Å²) >= 11 is 7.23. The number of aromatic nitrogens is 4. The first-order valence-corrected chi connectivity index (χ1v) is 11.3. The van der Waals surface area contributed by atoms with Crippen molar-refractivity contribution in [2.75, 3.05) is 16.4 Å². The van der Waals surface area contributed by atoms with Gasteiger partial charge in [-0.05, 0) is 48.5 Å². The van der Waals surface area contributed by atoms with Crippen LogP contribution in [-0.4, -0.2) is 37.3 Å². The maximum absolute atomic E-state index is 12.5. The van der Waals surface area contributed by atoms with Crippen LogP contribution in [0.2, 0.25) is 5.02 Å². The number of carbonyl (C=O) groups excluding carboxylic acids is 2. The summed E-state index contributed by atoms with van der Waals surface area (Å²) in [6.45, 7) is 0. The van der Waals surface area contributed by atoms with Gasteiger partial charge in [0.05, 0.1) is 5.75 Å². The molecule has 0 saturated carbocycles. The van der Waals surface area contributed by atoms with Gasteiger partial charge in [0.2, 0.25) is 5.91 Å². The van der Waals surface area contributed by atoms with Gasteiger partial charge in [0.25, 0.3) is 5.91 Å². The first kappa shape index (κ1) is 22.5. The van der Waals surface area contributed by atoms with E-state index in [0.717, 1.165) is 5.56 Å². The highest BCUT2D eigenvalue weighted by Crippen LogP contribution is 2.23. The van der Waals surface area contributed by atoms with E-state index >= 15 is 0 Å². The highest BCUT2D eigenvalue weighted by atomic mass is 35.5. The Morgan fingerprint density at radius 1 is 0.970 bits per heavy atom. The normalized spacial score (nSPS) is 10.6. The lowest BCUT2D eigenvalue weighted by Crippen LogP contribution is -2.15. The van der Waals surface area contributed by atoms with Crippen molar-refractivity contribution in [2.24, 2.45) is 7.05 Å². The molecular weight excluding hydrogens is 460 g/mol. The van der Waals surface area contributed by atoms with E-state index in [1.165, 1.54) is 11.8 Å². The average molecular weight is 479 g/mol. The summed E-state index contributed by atoms with van der Waals surface area (Å²) in [5.41, 5.74) is 2.47. The number of halogens is 1. The zero-order chi connectivity index (χ0) is 23.2. The third-order valence-electron chi connectivity index (χ3n) is 4.60. The molecule has 4 rings (SSSR count). The lowest BCUT2D eigenvalue weighted by molar-refractivity contribution is -0.113. The van der Waals surface area contributed by atoms with Crippen LogP contribution in [-0.2, 0) is 11.8 Å². The second-order valence-electron chi connectivity index (χ2n) is 6.98. The quantitative estimate of drug-likeness (QED) is 0.379. The molecule has 33 heavy (non-hydrogen) atoms. The summed E-state index contributed by atoms with van der Waals surface area (Å²) in [4.78, 5) is 28.9. The third-order valence-corrected chi connectivity index (χ3v) is 5.85. The fraction of sp³-hybridized carbons (Fsp3) is 0.0870. The van der Waals surface area contributed by atoms with Crippen molar-refractivity contribution < 1.29 is 9.59 Å². The van der Waals surface area contributed by atoms with Gasteiger partial charge >= 0.3 is 0 Å². The van der Waals surface area contributed by atoms with E-state index in [1.54, 1.807) is 60.9 Å². The predicted octanol–water partition coefficient (Wildman–Crippen LogP) is 4.51. The molecule has 4 aromatic rings. The highest BCUT2D eigenvalue weighted by molar-refractivity contribution is 7.99. The van der Waals surface area contributed by atoms with Crippen LogP contribution in [0.1, 0.15) is 10.4 Å². The number of hydrogen-bond donors (Lipinski definition) is 2. The molecule has 2 amide bonds. The maximum atomic E-state index is 12.5. The number of nitrogens with zero attached hydrogens (tertiary/aromatic N) is 4. The molecule has 2 N–H and O–H groups in total. The maximum Gasteiger partial charge on any atom is 0.255 e. The molecule has 0 fully saturated rings. The summed E-state index contributed by atoms with van der Waals surface area (Å²) < 4.78 is 1.83. The molecular formula is C23H19ClN6O2S. The predicted molar refractivity (Wildman–Crippen MR) is 129 cm³/mol. The summed E-state index contributed by atoms with van der Waals surface area (Å²) in [5, 5.41) is 15.1. The van der Waals surface area contributed by atoms with E-state index in [2.05, 4.69) is 25.8 Å². The first-order valence-electron chi connectivity index (χ1n) is 9.89. The zero-order valence-corrected chi connectivity index (χ0v) is 19.1. The van der Waals surface area contributed by atoms with E-state index in [4.69, 9.17) is 11.6 Å². The molecule has 0 aliphatic rings. The largest absolute Gasteiger partial charge is 0.325 e. The van der Waals surface area contributed by atoms with Crippen LogP contribution in [0, 0.1) is 0 Å². The monoisotopic (exact) mass is 478 g/mol. The Morgan fingerprint density at radius 2 is 1.70 bits per heavy atom. The second-order valence-corrected chi connectivity index (χ2v) is 8.36. The molecule has 0 atom stereocenters. The van der Waals surface area contributed by atoms with Crippen LogP contribution in [0.15, 0.2) is 78.2 Å². The molecule has 10 heteroatoms. The van der Waals surface area contributed by atoms with Gasteiger partial charge in [-0.15, -0.1) is 10.2 Å². The first-order chi connectivity index (χ1) is 16.0. The van der Waals surface area contributed by atoms with Gasteiger partial charge in [0.1, 0.15) is 0 Å². The Balaban J connectivity index is 1.35. The fourth-order valence-corrected chi connectivity index (χ4v) is 3.93. The number of nitrogens with one attached hydrogen (secondary N) is 2. The number of carbonyl (C=O) groups is 2. The molecule has 2 aromatic heterocycles. The van der Waals surface area contributed by atoms with Crippen molar-refractivity contribution in [1.29, 1.82) is 0 Å². The average Bonchev–Trinajstić information content (AvgIpc) is 3.18. The van der Waals surface area contributed by atoms with E-state index < -0.39 is 0 Å². The number of hydrogen-bond acceptors (Lipinski definition) is 6. The van der Waals surface area contributed by atoms with Crippen LogP contribution < -0.4 is 10.6 Å². The van der Waals surface area contributed by atoms with E-state index in [1.807, 2.05) is 23.7 Å². The highest BCUT2D eigenvalue weighted by Gasteiger charge is 2.13. The summed E-state index contributed by atoms with van der Waals surface area (Å²) in [7, 11) is 1.85. The van der Waals surface area contributed by atoms with Crippen LogP contribution in [0.4, 0.5) is 11.4 Å². The number of amides is 2. The topological polar surface area (TPSA) is 102 Å². The lowest BCUT2D eigenvalue weighted by atomic mass is 10.2. The van der Waals surface area contributed by atoms with Gasteiger partial charge in [-0.2, -0.15) is 0 Å². The number of rotatable bonds is 7. The van der Waals surface area contributed by atoms with E-state index in [0.29, 0.717) is 32.9 Å². The minimum Gasteiger partial charge on any atom is -0.325 e. The Morgan fingerprint density at radius 3 is 2.45 bits per heavy atom. The fourth-order valence-electron chi connectivity index (χ4n) is 3.03. The SMILES string of the molecule is Cn1c(SCC(=O)Nc2cccc(NC(=O)c3cccc(Cl)c3)c2)nnc1-c1ccncc1. The van der Waals surface area contributed by atoms with Crippen LogP contribution in [0.25, 0.3) is 11.4 Å². The lowest BCUT2D eigenvalue weighted by Gasteiger charge is -2.09. The Bertz CT molecular complexity index is 1300. The molecule has 8 nitrogen and oxygen atoms in total. The van der Waals surface area contributed by atoms with Gasteiger partial charge in [-0.25, -0.2) is 0 Å². The van der Waals surface area contributed by atoms with E-state index in [9.17, 15) is 9.59 Å². The molecule has 0 unspecified atom stereocenters. The van der Waals surface area contributed by atoms with Crippen molar-refractivity contribution >= 4 is 46.6 Å². The van der Waals surface area contributed by atoms with Crippen LogP contribution in [0.3, 0.4) is 0 Å². The van der Waals surface area contributed by atoms with Crippen LogP contribution >= 0.6 is 23.4 Å². The minimum absolute atomic E-state index is 0.154. The summed E-state index contributed by atoms with van der Waals surface area (Å²) in [6.07, 6.45) is 3.38. The molecule has 0 spiro atoms.